The Bertz CT molecular complexity index is 1360. The monoisotopic (exact) mass is 452 g/mol. The van der Waals surface area contributed by atoms with Crippen molar-refractivity contribution in [2.45, 2.75) is 20.3 Å². The molecule has 7 heteroatoms. The molecule has 0 fully saturated rings. The number of amides is 1. The van der Waals surface area contributed by atoms with Crippen molar-refractivity contribution >= 4 is 17.8 Å². The molecule has 1 amide bonds. The van der Waals surface area contributed by atoms with E-state index in [9.17, 15) is 14.9 Å². The Morgan fingerprint density at radius 2 is 1.62 bits per heavy atom. The predicted octanol–water partition coefficient (Wildman–Crippen LogP) is 5.36. The number of nitro groups is 1. The highest BCUT2D eigenvalue weighted by molar-refractivity contribution is 5.85. The number of aromatic nitrogens is 1. The number of rotatable bonds is 7. The molecule has 0 saturated carbocycles. The van der Waals surface area contributed by atoms with Crippen LogP contribution in [0.4, 0.5) is 5.69 Å². The third-order valence-corrected chi connectivity index (χ3v) is 5.64. The van der Waals surface area contributed by atoms with Crippen LogP contribution in [0.2, 0.25) is 0 Å². The van der Waals surface area contributed by atoms with Crippen molar-refractivity contribution in [3.63, 3.8) is 0 Å². The van der Waals surface area contributed by atoms with Crippen molar-refractivity contribution in [2.75, 3.05) is 0 Å². The summed E-state index contributed by atoms with van der Waals surface area (Å²) in [5.41, 5.74) is 8.98. The number of para-hydroxylation sites is 1. The molecule has 0 saturated heterocycles. The molecule has 34 heavy (non-hydrogen) atoms. The van der Waals surface area contributed by atoms with Crippen molar-refractivity contribution in [1.82, 2.24) is 9.99 Å². The summed E-state index contributed by atoms with van der Waals surface area (Å²) >= 11 is 0. The minimum Gasteiger partial charge on any atom is -0.318 e. The quantitative estimate of drug-likeness (QED) is 0.232. The van der Waals surface area contributed by atoms with Gasteiger partial charge in [0.05, 0.1) is 17.6 Å². The highest BCUT2D eigenvalue weighted by Gasteiger charge is 2.15. The molecule has 4 rings (SSSR count). The molecule has 0 atom stereocenters. The summed E-state index contributed by atoms with van der Waals surface area (Å²) in [7, 11) is 0. The second-order valence-corrected chi connectivity index (χ2v) is 7.93. The van der Waals surface area contributed by atoms with Crippen LogP contribution in [0.5, 0.6) is 0 Å². The summed E-state index contributed by atoms with van der Waals surface area (Å²) in [6, 6.07) is 26.8. The number of nitro benzene ring substituents is 1. The van der Waals surface area contributed by atoms with Crippen LogP contribution in [-0.4, -0.2) is 21.6 Å². The second kappa shape index (κ2) is 9.95. The summed E-state index contributed by atoms with van der Waals surface area (Å²) in [5, 5.41) is 15.2. The van der Waals surface area contributed by atoms with E-state index < -0.39 is 10.8 Å². The molecule has 0 radical (unpaired) electrons. The van der Waals surface area contributed by atoms with E-state index in [4.69, 9.17) is 0 Å². The topological polar surface area (TPSA) is 89.5 Å². The lowest BCUT2D eigenvalue weighted by molar-refractivity contribution is -0.385. The number of hydrogen-bond donors (Lipinski definition) is 1. The lowest BCUT2D eigenvalue weighted by atomic mass is 10.1. The molecule has 1 heterocycles. The van der Waals surface area contributed by atoms with Crippen LogP contribution >= 0.6 is 0 Å². The highest BCUT2D eigenvalue weighted by atomic mass is 16.6. The van der Waals surface area contributed by atoms with Gasteiger partial charge in [-0.3, -0.25) is 14.9 Å². The average molecular weight is 453 g/mol. The van der Waals surface area contributed by atoms with E-state index in [2.05, 4.69) is 51.5 Å². The number of hydrazone groups is 1. The Hall–Kier alpha value is -4.52. The van der Waals surface area contributed by atoms with Crippen LogP contribution in [0.15, 0.2) is 90.0 Å². The first-order chi connectivity index (χ1) is 16.4. The fourth-order valence-electron chi connectivity index (χ4n) is 3.97. The minimum absolute atomic E-state index is 0.0801. The first kappa shape index (κ1) is 22.7. The van der Waals surface area contributed by atoms with Crippen LogP contribution < -0.4 is 5.43 Å². The SMILES string of the molecule is Cc1cc(/C=N\NC(=O)Cc2ccccc2[N+](=O)[O-])c(C)n1-c1ccc(-c2ccccc2)cc1. The fraction of sp³-hybridized carbons (Fsp3) is 0.111. The molecule has 0 unspecified atom stereocenters. The Kier molecular flexibility index (Phi) is 6.64. The van der Waals surface area contributed by atoms with Crippen molar-refractivity contribution in [2.24, 2.45) is 5.10 Å². The first-order valence-corrected chi connectivity index (χ1v) is 10.8. The summed E-state index contributed by atoms with van der Waals surface area (Å²) in [6.07, 6.45) is 1.47. The lowest BCUT2D eigenvalue weighted by Gasteiger charge is -2.11. The molecule has 1 aromatic heterocycles. The van der Waals surface area contributed by atoms with Crippen LogP contribution in [0, 0.1) is 24.0 Å². The molecule has 0 bridgehead atoms. The molecule has 7 nitrogen and oxygen atoms in total. The standard InChI is InChI=1S/C27H24N4O3/c1-19-16-24(18-28-29-27(32)17-23-10-6-7-11-26(23)31(33)34)20(2)30(19)25-14-12-22(13-15-25)21-8-4-3-5-9-21/h3-16,18H,17H2,1-2H3,(H,29,32)/b28-18-. The van der Waals surface area contributed by atoms with E-state index in [1.165, 1.54) is 11.6 Å². The Labute approximate surface area is 197 Å². The van der Waals surface area contributed by atoms with E-state index in [1.807, 2.05) is 38.1 Å². The third kappa shape index (κ3) is 4.94. The van der Waals surface area contributed by atoms with Gasteiger partial charge < -0.3 is 4.57 Å². The predicted molar refractivity (Wildman–Crippen MR) is 133 cm³/mol. The van der Waals surface area contributed by atoms with Gasteiger partial charge in [0.25, 0.3) is 5.69 Å². The molecule has 0 aliphatic carbocycles. The average Bonchev–Trinajstić information content (AvgIpc) is 3.12. The molecular formula is C27H24N4O3. The summed E-state index contributed by atoms with van der Waals surface area (Å²) in [4.78, 5) is 22.9. The van der Waals surface area contributed by atoms with E-state index in [0.717, 1.165) is 28.2 Å². The van der Waals surface area contributed by atoms with Crippen LogP contribution in [-0.2, 0) is 11.2 Å². The zero-order valence-electron chi connectivity index (χ0n) is 18.9. The van der Waals surface area contributed by atoms with Crippen LogP contribution in [0.3, 0.4) is 0 Å². The number of nitrogens with zero attached hydrogens (tertiary/aromatic N) is 3. The fourth-order valence-corrected chi connectivity index (χ4v) is 3.97. The number of benzene rings is 3. The third-order valence-electron chi connectivity index (χ3n) is 5.64. The molecule has 1 N–H and O–H groups in total. The van der Waals surface area contributed by atoms with Gasteiger partial charge in [0, 0.05) is 34.3 Å². The second-order valence-electron chi connectivity index (χ2n) is 7.93. The molecule has 0 spiro atoms. The minimum atomic E-state index is -0.493. The lowest BCUT2D eigenvalue weighted by Crippen LogP contribution is -2.20. The van der Waals surface area contributed by atoms with Gasteiger partial charge in [-0.05, 0) is 43.2 Å². The van der Waals surface area contributed by atoms with Gasteiger partial charge in [0.1, 0.15) is 0 Å². The maximum absolute atomic E-state index is 12.3. The zero-order chi connectivity index (χ0) is 24.1. The maximum Gasteiger partial charge on any atom is 0.273 e. The van der Waals surface area contributed by atoms with Gasteiger partial charge in [0.2, 0.25) is 5.91 Å². The smallest absolute Gasteiger partial charge is 0.273 e. The van der Waals surface area contributed by atoms with Crippen molar-refractivity contribution < 1.29 is 9.72 Å². The van der Waals surface area contributed by atoms with E-state index in [-0.39, 0.29) is 12.1 Å². The summed E-state index contributed by atoms with van der Waals surface area (Å²) in [5.74, 6) is -0.421. The summed E-state index contributed by atoms with van der Waals surface area (Å²) < 4.78 is 2.13. The number of hydrogen-bond acceptors (Lipinski definition) is 4. The first-order valence-electron chi connectivity index (χ1n) is 10.8. The molecule has 170 valence electrons. The largest absolute Gasteiger partial charge is 0.318 e. The molecule has 4 aromatic rings. The highest BCUT2D eigenvalue weighted by Crippen LogP contribution is 2.24. The van der Waals surface area contributed by atoms with E-state index >= 15 is 0 Å². The zero-order valence-corrected chi connectivity index (χ0v) is 18.9. The van der Waals surface area contributed by atoms with Crippen molar-refractivity contribution in [3.05, 3.63) is 118 Å². The molecular weight excluding hydrogens is 428 g/mol. The van der Waals surface area contributed by atoms with E-state index in [1.54, 1.807) is 24.4 Å². The Balaban J connectivity index is 1.46. The van der Waals surface area contributed by atoms with Gasteiger partial charge >= 0.3 is 0 Å². The van der Waals surface area contributed by atoms with E-state index in [0.29, 0.717) is 5.56 Å². The van der Waals surface area contributed by atoms with Gasteiger partial charge in [-0.25, -0.2) is 5.43 Å². The van der Waals surface area contributed by atoms with Gasteiger partial charge in [0.15, 0.2) is 0 Å². The number of carbonyl (C=O) groups excluding carboxylic acids is 1. The summed E-state index contributed by atoms with van der Waals surface area (Å²) in [6.45, 7) is 4.01. The Morgan fingerprint density at radius 1 is 0.971 bits per heavy atom. The van der Waals surface area contributed by atoms with Crippen LogP contribution in [0.25, 0.3) is 16.8 Å². The normalized spacial score (nSPS) is 11.0. The molecule has 0 aliphatic heterocycles. The number of carbonyl (C=O) groups is 1. The number of nitrogens with one attached hydrogen (secondary N) is 1. The van der Waals surface area contributed by atoms with Gasteiger partial charge in [-0.1, -0.05) is 60.7 Å². The molecule has 0 aliphatic rings. The van der Waals surface area contributed by atoms with Gasteiger partial charge in [-0.15, -0.1) is 0 Å². The van der Waals surface area contributed by atoms with Crippen molar-refractivity contribution in [3.8, 4) is 16.8 Å². The van der Waals surface area contributed by atoms with Gasteiger partial charge in [-0.2, -0.15) is 5.10 Å². The van der Waals surface area contributed by atoms with Crippen molar-refractivity contribution in [1.29, 1.82) is 0 Å². The van der Waals surface area contributed by atoms with Crippen LogP contribution in [0.1, 0.15) is 22.5 Å². The Morgan fingerprint density at radius 3 is 2.32 bits per heavy atom. The number of aryl methyl sites for hydroxylation is 1. The maximum atomic E-state index is 12.3. The molecule has 3 aromatic carbocycles.